The second-order valence-electron chi connectivity index (χ2n) is 4.38. The van der Waals surface area contributed by atoms with E-state index in [2.05, 4.69) is 10.1 Å². The largest absolute Gasteiger partial charge is 0.382 e. The Labute approximate surface area is 120 Å². The fourth-order valence-electron chi connectivity index (χ4n) is 2.05. The summed E-state index contributed by atoms with van der Waals surface area (Å²) >= 11 is 0. The van der Waals surface area contributed by atoms with Gasteiger partial charge in [0.15, 0.2) is 0 Å². The highest BCUT2D eigenvalue weighted by Crippen LogP contribution is 2.26. The minimum Gasteiger partial charge on any atom is -0.382 e. The van der Waals surface area contributed by atoms with E-state index in [4.69, 9.17) is 11.0 Å². The van der Waals surface area contributed by atoms with E-state index in [0.29, 0.717) is 17.1 Å². The molecule has 0 amide bonds. The van der Waals surface area contributed by atoms with Gasteiger partial charge in [-0.1, -0.05) is 6.07 Å². The fraction of sp³-hybridized carbons (Fsp3) is 0. The van der Waals surface area contributed by atoms with Gasteiger partial charge >= 0.3 is 0 Å². The van der Waals surface area contributed by atoms with Crippen molar-refractivity contribution in [3.8, 4) is 23.0 Å². The zero-order valence-electron chi connectivity index (χ0n) is 10.9. The molecular formula is C15H10FN5. The number of nitrogens with zero attached hydrogens (tertiary/aromatic N) is 4. The maximum Gasteiger partial charge on any atom is 0.146 e. The number of benzene rings is 1. The first kappa shape index (κ1) is 12.8. The predicted molar refractivity (Wildman–Crippen MR) is 75.9 cm³/mol. The van der Waals surface area contributed by atoms with Gasteiger partial charge in [-0.3, -0.25) is 4.98 Å². The van der Waals surface area contributed by atoms with E-state index in [1.165, 1.54) is 12.1 Å². The number of aromatic nitrogens is 3. The number of nitrogen functional groups attached to an aromatic ring is 1. The molecule has 2 aromatic heterocycles. The molecule has 0 atom stereocenters. The summed E-state index contributed by atoms with van der Waals surface area (Å²) in [5.41, 5.74) is 7.75. The Morgan fingerprint density at radius 1 is 1.14 bits per heavy atom. The maximum absolute atomic E-state index is 13.8. The average molecular weight is 279 g/mol. The highest BCUT2D eigenvalue weighted by atomic mass is 19.1. The minimum atomic E-state index is -0.573. The van der Waals surface area contributed by atoms with Crippen LogP contribution < -0.4 is 5.73 Å². The van der Waals surface area contributed by atoms with Crippen LogP contribution in [0.2, 0.25) is 0 Å². The first-order valence-corrected chi connectivity index (χ1v) is 6.15. The number of rotatable bonds is 2. The Bertz CT molecular complexity index is 833. The van der Waals surface area contributed by atoms with Crippen LogP contribution in [0, 0.1) is 17.1 Å². The van der Waals surface area contributed by atoms with E-state index in [-0.39, 0.29) is 5.56 Å². The molecule has 2 N–H and O–H groups in total. The van der Waals surface area contributed by atoms with Crippen molar-refractivity contribution in [2.45, 2.75) is 0 Å². The van der Waals surface area contributed by atoms with Crippen LogP contribution in [0.4, 0.5) is 10.2 Å². The summed E-state index contributed by atoms with van der Waals surface area (Å²) in [5, 5.41) is 13.0. The van der Waals surface area contributed by atoms with E-state index in [0.717, 1.165) is 5.69 Å². The van der Waals surface area contributed by atoms with Crippen LogP contribution in [0.5, 0.6) is 0 Å². The van der Waals surface area contributed by atoms with Crippen LogP contribution in [0.15, 0.2) is 48.8 Å². The second kappa shape index (κ2) is 5.06. The van der Waals surface area contributed by atoms with E-state index >= 15 is 0 Å². The van der Waals surface area contributed by atoms with Crippen molar-refractivity contribution in [1.82, 2.24) is 14.8 Å². The van der Waals surface area contributed by atoms with Gasteiger partial charge < -0.3 is 5.73 Å². The average Bonchev–Trinajstić information content (AvgIpc) is 2.90. The number of nitrogens with two attached hydrogens (primary N) is 1. The van der Waals surface area contributed by atoms with E-state index in [1.807, 2.05) is 0 Å². The lowest BCUT2D eigenvalue weighted by atomic mass is 10.1. The SMILES string of the molecule is N#Cc1ccc(-c2cc(N)nn2-c2ccncc2)cc1F. The van der Waals surface area contributed by atoms with Gasteiger partial charge in [-0.2, -0.15) is 10.4 Å². The van der Waals surface area contributed by atoms with Crippen LogP contribution in [0.25, 0.3) is 16.9 Å². The summed E-state index contributed by atoms with van der Waals surface area (Å²) in [6.45, 7) is 0. The van der Waals surface area contributed by atoms with Gasteiger partial charge in [0.1, 0.15) is 17.7 Å². The molecule has 0 fully saturated rings. The third-order valence-electron chi connectivity index (χ3n) is 3.02. The summed E-state index contributed by atoms with van der Waals surface area (Å²) in [4.78, 5) is 3.95. The Morgan fingerprint density at radius 3 is 2.57 bits per heavy atom. The van der Waals surface area contributed by atoms with Crippen molar-refractivity contribution >= 4 is 5.82 Å². The first-order chi connectivity index (χ1) is 10.2. The van der Waals surface area contributed by atoms with E-state index in [9.17, 15) is 4.39 Å². The highest BCUT2D eigenvalue weighted by molar-refractivity contribution is 5.66. The molecule has 0 spiro atoms. The smallest absolute Gasteiger partial charge is 0.146 e. The van der Waals surface area contributed by atoms with Crippen molar-refractivity contribution in [3.05, 3.63) is 60.2 Å². The van der Waals surface area contributed by atoms with Gasteiger partial charge in [-0.15, -0.1) is 0 Å². The molecule has 0 unspecified atom stereocenters. The predicted octanol–water partition coefficient (Wildman–Crippen LogP) is 2.53. The monoisotopic (exact) mass is 279 g/mol. The Balaban J connectivity index is 2.16. The van der Waals surface area contributed by atoms with E-state index < -0.39 is 5.82 Å². The molecule has 102 valence electrons. The lowest BCUT2D eigenvalue weighted by molar-refractivity contribution is 0.624. The zero-order chi connectivity index (χ0) is 14.8. The third-order valence-corrected chi connectivity index (χ3v) is 3.02. The quantitative estimate of drug-likeness (QED) is 0.781. The van der Waals surface area contributed by atoms with Crippen molar-refractivity contribution in [2.24, 2.45) is 0 Å². The minimum absolute atomic E-state index is 0.00157. The number of halogens is 1. The highest BCUT2D eigenvalue weighted by Gasteiger charge is 2.12. The number of hydrogen-bond acceptors (Lipinski definition) is 4. The van der Waals surface area contributed by atoms with Gasteiger partial charge in [0.2, 0.25) is 0 Å². The molecule has 0 radical (unpaired) electrons. The summed E-state index contributed by atoms with van der Waals surface area (Å²) in [6, 6.07) is 11.4. The molecule has 5 nitrogen and oxygen atoms in total. The third kappa shape index (κ3) is 2.32. The molecule has 0 saturated carbocycles. The normalized spacial score (nSPS) is 10.3. The van der Waals surface area contributed by atoms with Gasteiger partial charge in [-0.25, -0.2) is 9.07 Å². The van der Waals surface area contributed by atoms with Crippen molar-refractivity contribution in [3.63, 3.8) is 0 Å². The lowest BCUT2D eigenvalue weighted by Gasteiger charge is -2.07. The van der Waals surface area contributed by atoms with Crippen LogP contribution in [-0.4, -0.2) is 14.8 Å². The summed E-state index contributed by atoms with van der Waals surface area (Å²) in [5.74, 6) is -0.248. The second-order valence-corrected chi connectivity index (χ2v) is 4.38. The van der Waals surface area contributed by atoms with Crippen LogP contribution in [0.3, 0.4) is 0 Å². The summed E-state index contributed by atoms with van der Waals surface area (Å²) in [7, 11) is 0. The van der Waals surface area contributed by atoms with Crippen molar-refractivity contribution in [2.75, 3.05) is 5.73 Å². The molecule has 0 bridgehead atoms. The van der Waals surface area contributed by atoms with Gasteiger partial charge in [0.25, 0.3) is 0 Å². The van der Waals surface area contributed by atoms with Gasteiger partial charge in [0.05, 0.1) is 16.9 Å². The van der Waals surface area contributed by atoms with Crippen LogP contribution >= 0.6 is 0 Å². The number of hydrogen-bond donors (Lipinski definition) is 1. The standard InChI is InChI=1S/C15H10FN5/c16-13-7-10(1-2-11(13)9-17)14-8-15(18)20-21(14)12-3-5-19-6-4-12/h1-8H,(H2,18,20). The first-order valence-electron chi connectivity index (χ1n) is 6.15. The Morgan fingerprint density at radius 2 is 1.90 bits per heavy atom. The molecule has 0 aliphatic heterocycles. The zero-order valence-corrected chi connectivity index (χ0v) is 10.9. The van der Waals surface area contributed by atoms with Gasteiger partial charge in [0, 0.05) is 24.0 Å². The molecule has 0 saturated heterocycles. The van der Waals surface area contributed by atoms with Gasteiger partial charge in [-0.05, 0) is 24.3 Å². The molecule has 3 rings (SSSR count). The Kier molecular flexibility index (Phi) is 3.09. The van der Waals surface area contributed by atoms with Crippen LogP contribution in [-0.2, 0) is 0 Å². The fourth-order valence-corrected chi connectivity index (χ4v) is 2.05. The molecule has 21 heavy (non-hydrogen) atoms. The topological polar surface area (TPSA) is 80.5 Å². The number of pyridine rings is 1. The maximum atomic E-state index is 13.8. The lowest BCUT2D eigenvalue weighted by Crippen LogP contribution is -2.00. The van der Waals surface area contributed by atoms with E-state index in [1.54, 1.807) is 47.4 Å². The molecule has 0 aliphatic carbocycles. The number of anilines is 1. The molecular weight excluding hydrogens is 269 g/mol. The molecule has 3 aromatic rings. The van der Waals surface area contributed by atoms with Crippen molar-refractivity contribution < 1.29 is 4.39 Å². The Hall–Kier alpha value is -3.20. The molecule has 0 aliphatic rings. The molecule has 6 heteroatoms. The molecule has 1 aromatic carbocycles. The summed E-state index contributed by atoms with van der Waals surface area (Å²) < 4.78 is 15.4. The number of nitriles is 1. The molecule has 2 heterocycles. The summed E-state index contributed by atoms with van der Waals surface area (Å²) in [6.07, 6.45) is 3.27. The van der Waals surface area contributed by atoms with Crippen LogP contribution in [0.1, 0.15) is 5.56 Å². The van der Waals surface area contributed by atoms with Crippen molar-refractivity contribution in [1.29, 1.82) is 5.26 Å².